The minimum absolute atomic E-state index is 0.187. The molecule has 3 aromatic rings. The summed E-state index contributed by atoms with van der Waals surface area (Å²) in [4.78, 5) is 50.9. The molecular formula is C28H34N4O6. The molecule has 10 nitrogen and oxygen atoms in total. The molecule has 1 aromatic heterocycles. The fourth-order valence-electron chi connectivity index (χ4n) is 3.96. The zero-order valence-electron chi connectivity index (χ0n) is 21.9. The third kappa shape index (κ3) is 7.27. The van der Waals surface area contributed by atoms with Crippen LogP contribution in [-0.2, 0) is 20.8 Å². The third-order valence-corrected chi connectivity index (χ3v) is 6.20. The SMILES string of the molecule is Cc1cc(=O)oc2cc(NC(=O)[C@H](Cc3ccccc3)NC(=O)[C@@H](NC(=O)[C@@H](N)[C@@H](C)O)C(C)C)ccc12. The van der Waals surface area contributed by atoms with Gasteiger partial charge in [-0.05, 0) is 43.0 Å². The molecule has 202 valence electrons. The largest absolute Gasteiger partial charge is 0.423 e. The van der Waals surface area contributed by atoms with E-state index < -0.39 is 47.6 Å². The predicted molar refractivity (Wildman–Crippen MR) is 144 cm³/mol. The summed E-state index contributed by atoms with van der Waals surface area (Å²) in [5, 5.41) is 18.5. The summed E-state index contributed by atoms with van der Waals surface area (Å²) < 4.78 is 5.27. The Labute approximate surface area is 220 Å². The summed E-state index contributed by atoms with van der Waals surface area (Å²) >= 11 is 0. The van der Waals surface area contributed by atoms with E-state index in [4.69, 9.17) is 10.2 Å². The van der Waals surface area contributed by atoms with Crippen LogP contribution in [-0.4, -0.2) is 47.1 Å². The predicted octanol–water partition coefficient (Wildman–Crippen LogP) is 1.62. The Balaban J connectivity index is 1.84. The second kappa shape index (κ2) is 12.5. The van der Waals surface area contributed by atoms with Gasteiger partial charge in [-0.3, -0.25) is 14.4 Å². The van der Waals surface area contributed by atoms with E-state index in [0.29, 0.717) is 11.3 Å². The molecule has 6 N–H and O–H groups in total. The van der Waals surface area contributed by atoms with Crippen molar-refractivity contribution in [3.63, 3.8) is 0 Å². The van der Waals surface area contributed by atoms with Crippen LogP contribution in [0.4, 0.5) is 5.69 Å². The summed E-state index contributed by atoms with van der Waals surface area (Å²) in [5.74, 6) is -2.06. The molecule has 0 aliphatic rings. The average molecular weight is 523 g/mol. The summed E-state index contributed by atoms with van der Waals surface area (Å²) in [6.07, 6.45) is -0.913. The lowest BCUT2D eigenvalue weighted by atomic mass is 10.00. The van der Waals surface area contributed by atoms with E-state index in [1.54, 1.807) is 39.0 Å². The van der Waals surface area contributed by atoms with Crippen LogP contribution in [0, 0.1) is 12.8 Å². The number of carbonyl (C=O) groups is 3. The van der Waals surface area contributed by atoms with Crippen LogP contribution in [0.1, 0.15) is 31.9 Å². The van der Waals surface area contributed by atoms with E-state index >= 15 is 0 Å². The third-order valence-electron chi connectivity index (χ3n) is 6.20. The van der Waals surface area contributed by atoms with Crippen molar-refractivity contribution in [3.8, 4) is 0 Å². The first kappa shape index (κ1) is 28.5. The number of anilines is 1. The molecule has 0 radical (unpaired) electrons. The number of aliphatic hydroxyl groups is 1. The number of fused-ring (bicyclic) bond motifs is 1. The number of carbonyl (C=O) groups excluding carboxylic acids is 3. The molecule has 0 aliphatic heterocycles. The maximum Gasteiger partial charge on any atom is 0.336 e. The minimum Gasteiger partial charge on any atom is -0.423 e. The lowest BCUT2D eigenvalue weighted by molar-refractivity contribution is -0.133. The lowest BCUT2D eigenvalue weighted by Gasteiger charge is -2.27. The normalized spacial score (nSPS) is 14.4. The monoisotopic (exact) mass is 522 g/mol. The Hall–Kier alpha value is -4.02. The zero-order valence-corrected chi connectivity index (χ0v) is 21.9. The van der Waals surface area contributed by atoms with Crippen LogP contribution in [0.3, 0.4) is 0 Å². The molecule has 0 spiro atoms. The van der Waals surface area contributed by atoms with Crippen molar-refractivity contribution in [2.75, 3.05) is 5.32 Å². The van der Waals surface area contributed by atoms with Gasteiger partial charge in [0.05, 0.1) is 6.10 Å². The fourth-order valence-corrected chi connectivity index (χ4v) is 3.96. The van der Waals surface area contributed by atoms with Crippen LogP contribution in [0.5, 0.6) is 0 Å². The molecule has 3 amide bonds. The number of nitrogens with two attached hydrogens (primary N) is 1. The summed E-state index contributed by atoms with van der Waals surface area (Å²) in [7, 11) is 0. The first-order chi connectivity index (χ1) is 18.0. The van der Waals surface area contributed by atoms with E-state index in [1.807, 2.05) is 30.3 Å². The molecule has 2 aromatic carbocycles. The van der Waals surface area contributed by atoms with Crippen LogP contribution in [0.2, 0.25) is 0 Å². The van der Waals surface area contributed by atoms with E-state index in [0.717, 1.165) is 16.5 Å². The maximum atomic E-state index is 13.4. The van der Waals surface area contributed by atoms with Gasteiger partial charge in [0.1, 0.15) is 23.7 Å². The number of rotatable bonds is 10. The highest BCUT2D eigenvalue weighted by Gasteiger charge is 2.31. The Bertz CT molecular complexity index is 1350. The number of amides is 3. The number of nitrogens with one attached hydrogen (secondary N) is 3. The topological polar surface area (TPSA) is 164 Å². The van der Waals surface area contributed by atoms with Gasteiger partial charge in [-0.2, -0.15) is 0 Å². The number of hydrogen-bond donors (Lipinski definition) is 5. The standard InChI is InChI=1S/C28H34N4O6/c1-15(2)25(32-27(36)24(29)17(4)33)28(37)31-21(13-18-8-6-5-7-9-18)26(35)30-19-10-11-20-16(3)12-23(34)38-22(20)14-19/h5-12,14-15,17,21,24-25,33H,13,29H2,1-4H3,(H,30,35)(H,31,37)(H,32,36)/t17-,21+,24+,25+/m1/s1. The van der Waals surface area contributed by atoms with E-state index in [-0.39, 0.29) is 12.3 Å². The molecule has 0 bridgehead atoms. The molecule has 4 atom stereocenters. The van der Waals surface area contributed by atoms with Crippen molar-refractivity contribution < 1.29 is 23.9 Å². The number of aliphatic hydroxyl groups excluding tert-OH is 1. The second-order valence-electron chi connectivity index (χ2n) is 9.70. The molecule has 1 heterocycles. The second-order valence-corrected chi connectivity index (χ2v) is 9.70. The van der Waals surface area contributed by atoms with Gasteiger partial charge in [-0.1, -0.05) is 44.2 Å². The first-order valence-electron chi connectivity index (χ1n) is 12.4. The quantitative estimate of drug-likeness (QED) is 0.253. The van der Waals surface area contributed by atoms with Gasteiger partial charge in [-0.25, -0.2) is 4.79 Å². The van der Waals surface area contributed by atoms with Gasteiger partial charge in [0.25, 0.3) is 0 Å². The highest BCUT2D eigenvalue weighted by atomic mass is 16.4. The van der Waals surface area contributed by atoms with Crippen molar-refractivity contribution in [1.29, 1.82) is 0 Å². The Morgan fingerprint density at radius 3 is 2.26 bits per heavy atom. The van der Waals surface area contributed by atoms with E-state index in [9.17, 15) is 24.3 Å². The van der Waals surface area contributed by atoms with E-state index in [2.05, 4.69) is 16.0 Å². The van der Waals surface area contributed by atoms with Crippen LogP contribution >= 0.6 is 0 Å². The summed E-state index contributed by atoms with van der Waals surface area (Å²) in [5.41, 5.74) is 7.50. The van der Waals surface area contributed by atoms with Crippen molar-refractivity contribution in [2.45, 2.75) is 58.3 Å². The number of aryl methyl sites for hydroxylation is 1. The smallest absolute Gasteiger partial charge is 0.336 e. The Morgan fingerprint density at radius 2 is 1.63 bits per heavy atom. The van der Waals surface area contributed by atoms with Crippen LogP contribution < -0.4 is 27.3 Å². The molecule has 0 unspecified atom stereocenters. The summed E-state index contributed by atoms with van der Waals surface area (Å²) in [6.45, 7) is 6.67. The van der Waals surface area contributed by atoms with Crippen LogP contribution in [0.25, 0.3) is 11.0 Å². The zero-order chi connectivity index (χ0) is 28.0. The molecule has 0 aliphatic carbocycles. The van der Waals surface area contributed by atoms with Gasteiger partial charge < -0.3 is 31.2 Å². The Morgan fingerprint density at radius 1 is 0.947 bits per heavy atom. The lowest BCUT2D eigenvalue weighted by Crippen LogP contribution is -2.58. The van der Waals surface area contributed by atoms with Gasteiger partial charge in [-0.15, -0.1) is 0 Å². The van der Waals surface area contributed by atoms with Gasteiger partial charge in [0, 0.05) is 29.6 Å². The van der Waals surface area contributed by atoms with Gasteiger partial charge in [0.15, 0.2) is 0 Å². The van der Waals surface area contributed by atoms with Crippen molar-refractivity contribution >= 4 is 34.4 Å². The summed E-state index contributed by atoms with van der Waals surface area (Å²) in [6, 6.07) is 12.4. The van der Waals surface area contributed by atoms with E-state index in [1.165, 1.54) is 13.0 Å². The van der Waals surface area contributed by atoms with Crippen LogP contribution in [0.15, 0.2) is 63.8 Å². The fraction of sp³-hybridized carbons (Fsp3) is 0.357. The average Bonchev–Trinajstić information content (AvgIpc) is 2.86. The molecule has 0 fully saturated rings. The number of hydrogen-bond acceptors (Lipinski definition) is 7. The highest BCUT2D eigenvalue weighted by Crippen LogP contribution is 2.21. The van der Waals surface area contributed by atoms with Crippen molar-refractivity contribution in [3.05, 3.63) is 76.1 Å². The van der Waals surface area contributed by atoms with Crippen molar-refractivity contribution in [1.82, 2.24) is 10.6 Å². The molecule has 0 saturated carbocycles. The molecule has 3 rings (SSSR count). The molecular weight excluding hydrogens is 488 g/mol. The van der Waals surface area contributed by atoms with Crippen molar-refractivity contribution in [2.24, 2.45) is 11.7 Å². The molecule has 38 heavy (non-hydrogen) atoms. The molecule has 10 heteroatoms. The van der Waals surface area contributed by atoms with Gasteiger partial charge >= 0.3 is 5.63 Å². The maximum absolute atomic E-state index is 13.4. The van der Waals surface area contributed by atoms with Gasteiger partial charge in [0.2, 0.25) is 17.7 Å². The number of benzene rings is 2. The molecule has 0 saturated heterocycles. The Kier molecular flexibility index (Phi) is 9.38. The minimum atomic E-state index is -1.20. The highest BCUT2D eigenvalue weighted by molar-refractivity contribution is 6.00. The first-order valence-corrected chi connectivity index (χ1v) is 12.4.